The number of pyridine rings is 1. The van der Waals surface area contributed by atoms with Crippen LogP contribution in [0.25, 0.3) is 0 Å². The Labute approximate surface area is 126 Å². The van der Waals surface area contributed by atoms with E-state index in [1.165, 1.54) is 0 Å². The predicted octanol–water partition coefficient (Wildman–Crippen LogP) is 0.443. The molecule has 7 heteroatoms. The number of sulfone groups is 1. The third-order valence-corrected chi connectivity index (χ3v) is 5.22. The monoisotopic (exact) mass is 313 g/mol. The second kappa shape index (κ2) is 7.72. The summed E-state index contributed by atoms with van der Waals surface area (Å²) in [4.78, 5) is 6.50. The minimum Gasteiger partial charge on any atom is -0.383 e. The molecule has 0 bridgehead atoms. The van der Waals surface area contributed by atoms with Gasteiger partial charge in [-0.3, -0.25) is 0 Å². The molecule has 1 fully saturated rings. The first-order valence-electron chi connectivity index (χ1n) is 7.21. The van der Waals surface area contributed by atoms with Crippen molar-refractivity contribution in [2.24, 2.45) is 0 Å². The molecular weight excluding hydrogens is 290 g/mol. The molecule has 0 atom stereocenters. The van der Waals surface area contributed by atoms with E-state index in [9.17, 15) is 8.42 Å². The first-order chi connectivity index (χ1) is 10.1. The Balaban J connectivity index is 1.89. The van der Waals surface area contributed by atoms with Gasteiger partial charge in [-0.1, -0.05) is 6.07 Å². The molecule has 21 heavy (non-hydrogen) atoms. The zero-order valence-corrected chi connectivity index (χ0v) is 13.2. The number of hydrogen-bond donors (Lipinski definition) is 1. The molecule has 0 unspecified atom stereocenters. The van der Waals surface area contributed by atoms with Crippen LogP contribution in [0.1, 0.15) is 12.0 Å². The maximum atomic E-state index is 11.6. The van der Waals surface area contributed by atoms with E-state index < -0.39 is 9.84 Å². The lowest BCUT2D eigenvalue weighted by Gasteiger charge is -2.20. The average Bonchev–Trinajstić information content (AvgIpc) is 2.65. The van der Waals surface area contributed by atoms with Gasteiger partial charge in [0.15, 0.2) is 9.84 Å². The normalized spacial score (nSPS) is 18.4. The Morgan fingerprint density at radius 1 is 1.33 bits per heavy atom. The van der Waals surface area contributed by atoms with E-state index in [4.69, 9.17) is 4.74 Å². The minimum absolute atomic E-state index is 0.217. The van der Waals surface area contributed by atoms with E-state index >= 15 is 0 Å². The number of nitrogens with zero attached hydrogens (tertiary/aromatic N) is 2. The van der Waals surface area contributed by atoms with Gasteiger partial charge in [0, 0.05) is 39.5 Å². The molecule has 1 aliphatic rings. The predicted molar refractivity (Wildman–Crippen MR) is 83.3 cm³/mol. The maximum Gasteiger partial charge on any atom is 0.152 e. The second-order valence-electron chi connectivity index (χ2n) is 5.19. The van der Waals surface area contributed by atoms with Crippen LogP contribution in [0, 0.1) is 0 Å². The van der Waals surface area contributed by atoms with Gasteiger partial charge < -0.3 is 15.0 Å². The van der Waals surface area contributed by atoms with Crippen LogP contribution in [0.2, 0.25) is 0 Å². The van der Waals surface area contributed by atoms with Crippen LogP contribution < -0.4 is 10.2 Å². The number of hydrogen-bond acceptors (Lipinski definition) is 6. The summed E-state index contributed by atoms with van der Waals surface area (Å²) in [6.45, 7) is 3.53. The highest BCUT2D eigenvalue weighted by atomic mass is 32.2. The second-order valence-corrected chi connectivity index (χ2v) is 7.49. The van der Waals surface area contributed by atoms with Crippen molar-refractivity contribution in [3.8, 4) is 0 Å². The first kappa shape index (κ1) is 16.2. The molecule has 1 aromatic rings. The molecule has 1 N–H and O–H groups in total. The number of anilines is 1. The van der Waals surface area contributed by atoms with Crippen molar-refractivity contribution in [2.75, 3.05) is 49.8 Å². The molecule has 0 radical (unpaired) electrons. The lowest BCUT2D eigenvalue weighted by molar-refractivity contribution is 0.199. The molecular formula is C14H23N3O3S. The smallest absolute Gasteiger partial charge is 0.152 e. The van der Waals surface area contributed by atoms with Crippen LogP contribution in [0.5, 0.6) is 0 Å². The van der Waals surface area contributed by atoms with Gasteiger partial charge in [-0.15, -0.1) is 0 Å². The Bertz CT molecular complexity index is 531. The van der Waals surface area contributed by atoms with E-state index in [1.54, 1.807) is 7.11 Å². The third kappa shape index (κ3) is 5.26. The zero-order chi connectivity index (χ0) is 15.1. The summed E-state index contributed by atoms with van der Waals surface area (Å²) >= 11 is 0. The van der Waals surface area contributed by atoms with Crippen LogP contribution >= 0.6 is 0 Å². The third-order valence-electron chi connectivity index (χ3n) is 3.50. The molecule has 0 saturated carbocycles. The Hall–Kier alpha value is -1.18. The van der Waals surface area contributed by atoms with Crippen molar-refractivity contribution < 1.29 is 13.2 Å². The summed E-state index contributed by atoms with van der Waals surface area (Å²) in [5, 5.41) is 3.26. The van der Waals surface area contributed by atoms with Crippen molar-refractivity contribution in [1.82, 2.24) is 10.3 Å². The fraction of sp³-hybridized carbons (Fsp3) is 0.643. The molecule has 2 heterocycles. The van der Waals surface area contributed by atoms with Gasteiger partial charge >= 0.3 is 0 Å². The molecule has 2 rings (SSSR count). The Morgan fingerprint density at radius 2 is 2.19 bits per heavy atom. The van der Waals surface area contributed by atoms with Gasteiger partial charge in [0.1, 0.15) is 5.82 Å². The molecule has 1 aliphatic heterocycles. The van der Waals surface area contributed by atoms with E-state index in [0.717, 1.165) is 31.0 Å². The summed E-state index contributed by atoms with van der Waals surface area (Å²) in [7, 11) is -1.20. The van der Waals surface area contributed by atoms with Gasteiger partial charge in [-0.25, -0.2) is 13.4 Å². The highest BCUT2D eigenvalue weighted by molar-refractivity contribution is 7.91. The largest absolute Gasteiger partial charge is 0.383 e. The molecule has 118 valence electrons. The molecule has 0 aromatic carbocycles. The molecule has 0 spiro atoms. The summed E-state index contributed by atoms with van der Waals surface area (Å²) in [5.41, 5.74) is 1.11. The molecule has 0 amide bonds. The number of ether oxygens (including phenoxy) is 1. The number of aromatic nitrogens is 1. The Morgan fingerprint density at radius 3 is 2.90 bits per heavy atom. The van der Waals surface area contributed by atoms with Crippen LogP contribution in [-0.4, -0.2) is 58.3 Å². The molecule has 6 nitrogen and oxygen atoms in total. The van der Waals surface area contributed by atoms with Crippen molar-refractivity contribution >= 4 is 15.7 Å². The molecule has 1 aromatic heterocycles. The van der Waals surface area contributed by atoms with Crippen molar-refractivity contribution in [3.05, 3.63) is 23.9 Å². The van der Waals surface area contributed by atoms with Crippen LogP contribution in [0.4, 0.5) is 5.82 Å². The summed E-state index contributed by atoms with van der Waals surface area (Å²) in [6, 6.07) is 3.99. The summed E-state index contributed by atoms with van der Waals surface area (Å²) in [6.07, 6.45) is 2.51. The van der Waals surface area contributed by atoms with Crippen molar-refractivity contribution in [2.45, 2.75) is 13.0 Å². The number of rotatable bonds is 6. The van der Waals surface area contributed by atoms with Gasteiger partial charge in [0.05, 0.1) is 18.1 Å². The summed E-state index contributed by atoms with van der Waals surface area (Å²) < 4.78 is 28.2. The van der Waals surface area contributed by atoms with Gasteiger partial charge in [0.25, 0.3) is 0 Å². The molecule has 1 saturated heterocycles. The van der Waals surface area contributed by atoms with E-state index in [-0.39, 0.29) is 11.5 Å². The topological polar surface area (TPSA) is 71.5 Å². The first-order valence-corrected chi connectivity index (χ1v) is 9.03. The highest BCUT2D eigenvalue weighted by Crippen LogP contribution is 2.15. The zero-order valence-electron chi connectivity index (χ0n) is 12.4. The number of nitrogens with one attached hydrogen (secondary N) is 1. The Kier molecular flexibility index (Phi) is 5.96. The van der Waals surface area contributed by atoms with E-state index in [1.807, 2.05) is 23.2 Å². The van der Waals surface area contributed by atoms with Gasteiger partial charge in [0.2, 0.25) is 0 Å². The fourth-order valence-corrected chi connectivity index (χ4v) is 3.55. The lowest BCUT2D eigenvalue weighted by atomic mass is 10.2. The van der Waals surface area contributed by atoms with Gasteiger partial charge in [-0.05, 0) is 18.1 Å². The maximum absolute atomic E-state index is 11.6. The fourth-order valence-electron chi connectivity index (χ4n) is 2.28. The number of methoxy groups -OCH3 is 1. The summed E-state index contributed by atoms with van der Waals surface area (Å²) in [5.74, 6) is 1.35. The van der Waals surface area contributed by atoms with Crippen LogP contribution in [0.15, 0.2) is 18.3 Å². The van der Waals surface area contributed by atoms with Crippen LogP contribution in [-0.2, 0) is 21.1 Å². The molecule has 0 aliphatic carbocycles. The van der Waals surface area contributed by atoms with Gasteiger partial charge in [-0.2, -0.15) is 0 Å². The average molecular weight is 313 g/mol. The van der Waals surface area contributed by atoms with Crippen LogP contribution in [0.3, 0.4) is 0 Å². The van der Waals surface area contributed by atoms with Crippen molar-refractivity contribution in [1.29, 1.82) is 0 Å². The van der Waals surface area contributed by atoms with E-state index in [0.29, 0.717) is 19.6 Å². The minimum atomic E-state index is -2.88. The lowest BCUT2D eigenvalue weighted by Crippen LogP contribution is -2.27. The quantitative estimate of drug-likeness (QED) is 0.769. The highest BCUT2D eigenvalue weighted by Gasteiger charge is 2.19. The SMILES string of the molecule is COCCNCc1ccc(N2CCCS(=O)(=O)CC2)nc1. The standard InChI is InChI=1S/C14H23N3O3S/c1-20-8-5-15-11-13-3-4-14(16-12-13)17-6-2-9-21(18,19)10-7-17/h3-4,12,15H,2,5-11H2,1H3. The van der Waals surface area contributed by atoms with E-state index in [2.05, 4.69) is 10.3 Å². The van der Waals surface area contributed by atoms with Crippen molar-refractivity contribution in [3.63, 3.8) is 0 Å².